The smallest absolute Gasteiger partial charge is 0.318 e. The van der Waals surface area contributed by atoms with E-state index in [-0.39, 0.29) is 12.1 Å². The van der Waals surface area contributed by atoms with Crippen LogP contribution in [0.5, 0.6) is 0 Å². The molecule has 0 bridgehead atoms. The number of urea groups is 1. The molecule has 0 radical (unpaired) electrons. The van der Waals surface area contributed by atoms with Crippen molar-refractivity contribution in [3.05, 3.63) is 45.7 Å². The molecule has 0 unspecified atom stereocenters. The van der Waals surface area contributed by atoms with E-state index in [0.29, 0.717) is 19.6 Å². The fraction of sp³-hybridized carbons (Fsp3) is 0.550. The fourth-order valence-electron chi connectivity index (χ4n) is 3.68. The second-order valence-electron chi connectivity index (χ2n) is 7.18. The lowest BCUT2D eigenvalue weighted by Crippen LogP contribution is -2.43. The summed E-state index contributed by atoms with van der Waals surface area (Å²) in [6.45, 7) is 2.35. The summed E-state index contributed by atoms with van der Waals surface area (Å²) in [5.41, 5.74) is 2.12. The Kier molecular flexibility index (Phi) is 5.99. The average molecular weight is 387 g/mol. The Morgan fingerprint density at radius 1 is 1.30 bits per heavy atom. The second-order valence-corrected chi connectivity index (χ2v) is 8.35. The van der Waals surface area contributed by atoms with E-state index < -0.39 is 0 Å². The maximum absolute atomic E-state index is 12.9. The van der Waals surface area contributed by atoms with Gasteiger partial charge < -0.3 is 15.0 Å². The molecule has 2 aliphatic rings. The molecule has 0 saturated carbocycles. The molecule has 1 saturated heterocycles. The summed E-state index contributed by atoms with van der Waals surface area (Å²) in [7, 11) is 0. The molecule has 1 atom stereocenters. The number of hydrogen-bond donors (Lipinski definition) is 1. The first kappa shape index (κ1) is 18.4. The number of carbonyl (C=O) groups is 1. The molecular weight excluding hydrogens is 360 g/mol. The highest BCUT2D eigenvalue weighted by molar-refractivity contribution is 7.11. The summed E-state index contributed by atoms with van der Waals surface area (Å²) in [6.07, 6.45) is 8.63. The van der Waals surface area contributed by atoms with Crippen LogP contribution < -0.4 is 5.32 Å². The Bertz CT molecular complexity index is 735. The van der Waals surface area contributed by atoms with Crippen LogP contribution in [0.25, 0.3) is 0 Å². The zero-order chi connectivity index (χ0) is 18.5. The Morgan fingerprint density at radius 3 is 3.00 bits per heavy atom. The highest BCUT2D eigenvalue weighted by Gasteiger charge is 2.23. The third kappa shape index (κ3) is 4.84. The van der Waals surface area contributed by atoms with Gasteiger partial charge in [-0.1, -0.05) is 6.07 Å². The number of aromatic nitrogens is 2. The first-order chi connectivity index (χ1) is 13.3. The second kappa shape index (κ2) is 8.80. The van der Waals surface area contributed by atoms with Crippen LogP contribution >= 0.6 is 11.3 Å². The number of ether oxygens (including phenoxy) is 1. The van der Waals surface area contributed by atoms with E-state index in [2.05, 4.69) is 10.3 Å². The minimum Gasteiger partial charge on any atom is -0.376 e. The zero-order valence-electron chi connectivity index (χ0n) is 15.5. The Balaban J connectivity index is 1.38. The number of aryl methyl sites for hydroxylation is 2. The minimum atomic E-state index is -0.0793. The van der Waals surface area contributed by atoms with Gasteiger partial charge in [0.1, 0.15) is 5.01 Å². The van der Waals surface area contributed by atoms with Gasteiger partial charge in [-0.3, -0.25) is 4.98 Å². The SMILES string of the molecule is O=C(NCc1nc2c(s1)CCCC2)N(Cc1ccccn1)C[C@@H]1CCCO1. The molecule has 27 heavy (non-hydrogen) atoms. The van der Waals surface area contributed by atoms with Crippen molar-refractivity contribution in [3.8, 4) is 0 Å². The number of fused-ring (bicyclic) bond motifs is 1. The Hall–Kier alpha value is -1.99. The molecule has 7 heteroatoms. The van der Waals surface area contributed by atoms with Crippen molar-refractivity contribution >= 4 is 17.4 Å². The summed E-state index contributed by atoms with van der Waals surface area (Å²) in [5, 5.41) is 4.06. The molecule has 1 aliphatic heterocycles. The standard InChI is InChI=1S/C20H26N4O2S/c25-20(22-12-19-23-17-8-1-2-9-18(17)27-19)24(14-16-7-5-11-26-16)13-15-6-3-4-10-21-15/h3-4,6,10,16H,1-2,5,7-9,11-14H2,(H,22,25)/t16-/m0/s1. The first-order valence-electron chi connectivity index (χ1n) is 9.79. The van der Waals surface area contributed by atoms with Gasteiger partial charge in [0.25, 0.3) is 0 Å². The van der Waals surface area contributed by atoms with Gasteiger partial charge in [-0.2, -0.15) is 0 Å². The first-order valence-corrected chi connectivity index (χ1v) is 10.6. The monoisotopic (exact) mass is 386 g/mol. The highest BCUT2D eigenvalue weighted by atomic mass is 32.1. The largest absolute Gasteiger partial charge is 0.376 e. The number of nitrogens with one attached hydrogen (secondary N) is 1. The van der Waals surface area contributed by atoms with Gasteiger partial charge in [-0.05, 0) is 50.7 Å². The van der Waals surface area contributed by atoms with Gasteiger partial charge >= 0.3 is 6.03 Å². The molecular formula is C20H26N4O2S. The van der Waals surface area contributed by atoms with Crippen LogP contribution in [0.15, 0.2) is 24.4 Å². The molecule has 2 amide bonds. The van der Waals surface area contributed by atoms with Crippen LogP contribution in [0, 0.1) is 0 Å². The number of hydrogen-bond acceptors (Lipinski definition) is 5. The van der Waals surface area contributed by atoms with Gasteiger partial charge in [0.15, 0.2) is 0 Å². The summed E-state index contributed by atoms with van der Waals surface area (Å²) in [6, 6.07) is 5.71. The molecule has 1 fully saturated rings. The third-order valence-corrected chi connectivity index (χ3v) is 6.25. The molecule has 1 aliphatic carbocycles. The predicted octanol–water partition coefficient (Wildman–Crippen LogP) is 3.31. The molecule has 6 nitrogen and oxygen atoms in total. The minimum absolute atomic E-state index is 0.0793. The molecule has 144 valence electrons. The lowest BCUT2D eigenvalue weighted by atomic mass is 10.0. The number of nitrogens with zero attached hydrogens (tertiary/aromatic N) is 3. The fourth-order valence-corrected chi connectivity index (χ4v) is 4.78. The van der Waals surface area contributed by atoms with Crippen LogP contribution in [-0.2, 0) is 30.7 Å². The van der Waals surface area contributed by atoms with E-state index >= 15 is 0 Å². The number of rotatable bonds is 6. The van der Waals surface area contributed by atoms with E-state index in [1.165, 1.54) is 23.4 Å². The maximum atomic E-state index is 12.9. The normalized spacial score (nSPS) is 18.9. The van der Waals surface area contributed by atoms with E-state index in [0.717, 1.165) is 43.0 Å². The lowest BCUT2D eigenvalue weighted by molar-refractivity contribution is 0.0791. The summed E-state index contributed by atoms with van der Waals surface area (Å²) >= 11 is 1.74. The quantitative estimate of drug-likeness (QED) is 0.827. The van der Waals surface area contributed by atoms with Crippen molar-refractivity contribution in [2.75, 3.05) is 13.2 Å². The zero-order valence-corrected chi connectivity index (χ0v) is 16.3. The molecule has 3 heterocycles. The molecule has 1 N–H and O–H groups in total. The van der Waals surface area contributed by atoms with Crippen LogP contribution in [-0.4, -0.2) is 40.2 Å². The van der Waals surface area contributed by atoms with Crippen molar-refractivity contribution < 1.29 is 9.53 Å². The van der Waals surface area contributed by atoms with E-state index in [9.17, 15) is 4.79 Å². The molecule has 4 rings (SSSR count). The third-order valence-electron chi connectivity index (χ3n) is 5.10. The van der Waals surface area contributed by atoms with E-state index in [4.69, 9.17) is 9.72 Å². The maximum Gasteiger partial charge on any atom is 0.318 e. The van der Waals surface area contributed by atoms with Crippen molar-refractivity contribution in [3.63, 3.8) is 0 Å². The van der Waals surface area contributed by atoms with Crippen LogP contribution in [0.3, 0.4) is 0 Å². The number of thiazole rings is 1. The topological polar surface area (TPSA) is 67.4 Å². The van der Waals surface area contributed by atoms with Crippen molar-refractivity contribution in [1.29, 1.82) is 0 Å². The van der Waals surface area contributed by atoms with Crippen molar-refractivity contribution in [1.82, 2.24) is 20.2 Å². The van der Waals surface area contributed by atoms with Gasteiger partial charge in [0.2, 0.25) is 0 Å². The average Bonchev–Trinajstić information content (AvgIpc) is 3.35. The number of amides is 2. The molecule has 2 aromatic rings. The van der Waals surface area contributed by atoms with Gasteiger partial charge in [-0.25, -0.2) is 9.78 Å². The predicted molar refractivity (Wildman–Crippen MR) is 105 cm³/mol. The van der Waals surface area contributed by atoms with Crippen LogP contribution in [0.2, 0.25) is 0 Å². The Labute approximate surface area is 164 Å². The molecule has 0 aromatic carbocycles. The summed E-state index contributed by atoms with van der Waals surface area (Å²) in [5.74, 6) is 0. The lowest BCUT2D eigenvalue weighted by Gasteiger charge is -2.25. The summed E-state index contributed by atoms with van der Waals surface area (Å²) in [4.78, 5) is 25.2. The molecule has 2 aromatic heterocycles. The highest BCUT2D eigenvalue weighted by Crippen LogP contribution is 2.26. The van der Waals surface area contributed by atoms with Crippen LogP contribution in [0.4, 0.5) is 4.79 Å². The Morgan fingerprint density at radius 2 is 2.22 bits per heavy atom. The van der Waals surface area contributed by atoms with E-state index in [1.807, 2.05) is 23.1 Å². The van der Waals surface area contributed by atoms with Gasteiger partial charge in [0, 0.05) is 24.2 Å². The number of carbonyl (C=O) groups excluding carboxylic acids is 1. The van der Waals surface area contributed by atoms with Crippen molar-refractivity contribution in [2.24, 2.45) is 0 Å². The summed E-state index contributed by atoms with van der Waals surface area (Å²) < 4.78 is 5.74. The van der Waals surface area contributed by atoms with Gasteiger partial charge in [-0.15, -0.1) is 11.3 Å². The van der Waals surface area contributed by atoms with Crippen molar-refractivity contribution in [2.45, 2.75) is 57.7 Å². The van der Waals surface area contributed by atoms with Gasteiger partial charge in [0.05, 0.1) is 30.6 Å². The van der Waals surface area contributed by atoms with E-state index in [1.54, 1.807) is 17.5 Å². The molecule has 0 spiro atoms. The van der Waals surface area contributed by atoms with Crippen LogP contribution in [0.1, 0.15) is 47.0 Å². The number of pyridine rings is 1.